The molecule has 0 unspecified atom stereocenters. The van der Waals surface area contributed by atoms with Crippen molar-refractivity contribution in [3.8, 4) is 0 Å². The Kier molecular flexibility index (Phi) is 13.4. The number of hydrogen-bond donors (Lipinski definition) is 1. The van der Waals surface area contributed by atoms with Crippen molar-refractivity contribution in [3.63, 3.8) is 0 Å². The Morgan fingerprint density at radius 1 is 1.26 bits per heavy atom. The summed E-state index contributed by atoms with van der Waals surface area (Å²) in [5.41, 5.74) is 0. The number of guanidine groups is 1. The van der Waals surface area contributed by atoms with E-state index in [4.69, 9.17) is 14.2 Å². The second kappa shape index (κ2) is 13.8. The molecule has 23 heavy (non-hydrogen) atoms. The summed E-state index contributed by atoms with van der Waals surface area (Å²) in [4.78, 5) is 18.2. The van der Waals surface area contributed by atoms with Crippen molar-refractivity contribution < 1.29 is 19.0 Å². The van der Waals surface area contributed by atoms with Crippen molar-refractivity contribution >= 4 is 35.9 Å². The molecular weight excluding hydrogens is 413 g/mol. The molecule has 1 fully saturated rings. The number of ether oxygens (including phenoxy) is 3. The van der Waals surface area contributed by atoms with Gasteiger partial charge in [-0.2, -0.15) is 0 Å². The molecule has 0 atom stereocenters. The van der Waals surface area contributed by atoms with Crippen LogP contribution in [0, 0.1) is 5.92 Å². The fraction of sp³-hybridized carbons (Fsp3) is 0.867. The highest BCUT2D eigenvalue weighted by molar-refractivity contribution is 14.0. The van der Waals surface area contributed by atoms with E-state index in [1.165, 1.54) is 0 Å². The van der Waals surface area contributed by atoms with Gasteiger partial charge in [0.25, 0.3) is 0 Å². The monoisotopic (exact) mass is 443 g/mol. The van der Waals surface area contributed by atoms with Crippen LogP contribution in [-0.2, 0) is 19.0 Å². The predicted molar refractivity (Wildman–Crippen MR) is 100 cm³/mol. The Morgan fingerprint density at radius 3 is 2.52 bits per heavy atom. The molecule has 1 N–H and O–H groups in total. The molecule has 0 aromatic rings. The Hall–Kier alpha value is -0.610. The maximum Gasteiger partial charge on any atom is 0.309 e. The fourth-order valence-corrected chi connectivity index (χ4v) is 2.40. The van der Waals surface area contributed by atoms with Gasteiger partial charge in [-0.05, 0) is 19.8 Å². The van der Waals surface area contributed by atoms with Crippen molar-refractivity contribution in [2.75, 3.05) is 60.2 Å². The van der Waals surface area contributed by atoms with E-state index in [1.807, 2.05) is 6.92 Å². The number of nitrogens with one attached hydrogen (secondary N) is 1. The van der Waals surface area contributed by atoms with E-state index in [1.54, 1.807) is 14.2 Å². The summed E-state index contributed by atoms with van der Waals surface area (Å²) in [6.07, 6.45) is 1.62. The Morgan fingerprint density at radius 2 is 1.96 bits per heavy atom. The molecule has 136 valence electrons. The zero-order valence-corrected chi connectivity index (χ0v) is 16.7. The van der Waals surface area contributed by atoms with Crippen molar-refractivity contribution in [2.45, 2.75) is 19.8 Å². The van der Waals surface area contributed by atoms with E-state index < -0.39 is 0 Å². The number of carbonyl (C=O) groups is 1. The molecule has 0 spiro atoms. The second-order valence-corrected chi connectivity index (χ2v) is 5.09. The van der Waals surface area contributed by atoms with Gasteiger partial charge in [0.2, 0.25) is 0 Å². The van der Waals surface area contributed by atoms with Gasteiger partial charge in [-0.15, -0.1) is 24.0 Å². The number of nitrogens with zero attached hydrogens (tertiary/aromatic N) is 2. The number of esters is 1. The van der Waals surface area contributed by atoms with Crippen molar-refractivity contribution in [3.05, 3.63) is 0 Å². The smallest absolute Gasteiger partial charge is 0.309 e. The number of aliphatic imine (C=N–C) groups is 1. The molecule has 8 heteroatoms. The highest BCUT2D eigenvalue weighted by Crippen LogP contribution is 2.18. The zero-order chi connectivity index (χ0) is 16.2. The van der Waals surface area contributed by atoms with Crippen molar-refractivity contribution in [1.29, 1.82) is 0 Å². The molecule has 0 amide bonds. The maximum atomic E-state index is 11.7. The lowest BCUT2D eigenvalue weighted by Crippen LogP contribution is -2.47. The molecule has 1 aliphatic heterocycles. The number of hydrogen-bond acceptors (Lipinski definition) is 5. The average molecular weight is 443 g/mol. The van der Waals surface area contributed by atoms with Crippen LogP contribution in [0.5, 0.6) is 0 Å². The zero-order valence-electron chi connectivity index (χ0n) is 14.4. The first-order valence-electron chi connectivity index (χ1n) is 7.91. The van der Waals surface area contributed by atoms with Crippen LogP contribution in [0.3, 0.4) is 0 Å². The van der Waals surface area contributed by atoms with Crippen LogP contribution in [0.1, 0.15) is 19.8 Å². The number of likely N-dealkylation sites (tertiary alicyclic amines) is 1. The van der Waals surface area contributed by atoms with Gasteiger partial charge in [0.1, 0.15) is 0 Å². The van der Waals surface area contributed by atoms with Gasteiger partial charge in [0.05, 0.1) is 32.3 Å². The van der Waals surface area contributed by atoms with E-state index in [0.29, 0.717) is 33.0 Å². The van der Waals surface area contributed by atoms with Gasteiger partial charge in [-0.1, -0.05) is 0 Å². The van der Waals surface area contributed by atoms with E-state index in [0.717, 1.165) is 31.9 Å². The third kappa shape index (κ3) is 8.71. The molecule has 0 bridgehead atoms. The normalized spacial score (nSPS) is 16.0. The lowest BCUT2D eigenvalue weighted by Gasteiger charge is -2.33. The van der Waals surface area contributed by atoms with E-state index in [-0.39, 0.29) is 35.9 Å². The Bertz CT molecular complexity index is 348. The SMILES string of the molecule is CCOC(=O)C1CCN(C(=NC)NCCOCCOC)CC1.I. The first-order chi connectivity index (χ1) is 10.7. The Labute approximate surface area is 156 Å². The number of rotatable bonds is 8. The Balaban J connectivity index is 0.00000484. The summed E-state index contributed by atoms with van der Waals surface area (Å²) in [5.74, 6) is 0.806. The largest absolute Gasteiger partial charge is 0.466 e. The van der Waals surface area contributed by atoms with Gasteiger partial charge in [0.15, 0.2) is 5.96 Å². The van der Waals surface area contributed by atoms with Gasteiger partial charge in [-0.3, -0.25) is 9.79 Å². The summed E-state index contributed by atoms with van der Waals surface area (Å²) in [7, 11) is 3.43. The second-order valence-electron chi connectivity index (χ2n) is 5.09. The third-order valence-corrected chi connectivity index (χ3v) is 3.59. The maximum absolute atomic E-state index is 11.7. The third-order valence-electron chi connectivity index (χ3n) is 3.59. The number of carbonyl (C=O) groups excluding carboxylic acids is 1. The summed E-state index contributed by atoms with van der Waals surface area (Å²) in [6, 6.07) is 0. The van der Waals surface area contributed by atoms with Crippen LogP contribution in [0.4, 0.5) is 0 Å². The molecular formula is C15H30IN3O4. The number of piperidine rings is 1. The molecule has 0 aromatic heterocycles. The van der Waals surface area contributed by atoms with Gasteiger partial charge < -0.3 is 24.4 Å². The lowest BCUT2D eigenvalue weighted by atomic mass is 9.97. The van der Waals surface area contributed by atoms with Crippen LogP contribution in [-0.4, -0.2) is 77.0 Å². The predicted octanol–water partition coefficient (Wildman–Crippen LogP) is 1.12. The molecule has 1 rings (SSSR count). The summed E-state index contributed by atoms with van der Waals surface area (Å²) in [5, 5.41) is 3.28. The quantitative estimate of drug-likeness (QED) is 0.199. The van der Waals surface area contributed by atoms with Gasteiger partial charge >= 0.3 is 5.97 Å². The average Bonchev–Trinajstić information content (AvgIpc) is 2.55. The molecule has 0 saturated carbocycles. The first-order valence-corrected chi connectivity index (χ1v) is 7.91. The van der Waals surface area contributed by atoms with Crippen molar-refractivity contribution in [2.24, 2.45) is 10.9 Å². The minimum Gasteiger partial charge on any atom is -0.466 e. The van der Waals surface area contributed by atoms with Crippen LogP contribution in [0.15, 0.2) is 4.99 Å². The van der Waals surface area contributed by atoms with Gasteiger partial charge in [0, 0.05) is 33.8 Å². The van der Waals surface area contributed by atoms with Crippen LogP contribution >= 0.6 is 24.0 Å². The minimum atomic E-state index is -0.0726. The topological polar surface area (TPSA) is 72.4 Å². The lowest BCUT2D eigenvalue weighted by molar-refractivity contribution is -0.149. The highest BCUT2D eigenvalue weighted by Gasteiger charge is 2.27. The molecule has 7 nitrogen and oxygen atoms in total. The molecule has 0 aromatic carbocycles. The van der Waals surface area contributed by atoms with Crippen LogP contribution in [0.2, 0.25) is 0 Å². The standard InChI is InChI=1S/C15H29N3O4.HI/c1-4-22-14(19)13-5-8-18(9-6-13)15(16-2)17-7-10-21-12-11-20-3;/h13H,4-12H2,1-3H3,(H,16,17);1H. The summed E-state index contributed by atoms with van der Waals surface area (Å²) >= 11 is 0. The summed E-state index contributed by atoms with van der Waals surface area (Å²) < 4.78 is 15.4. The summed E-state index contributed by atoms with van der Waals surface area (Å²) in [6.45, 7) is 6.44. The fourth-order valence-electron chi connectivity index (χ4n) is 2.40. The van der Waals surface area contributed by atoms with Crippen molar-refractivity contribution in [1.82, 2.24) is 10.2 Å². The first kappa shape index (κ1) is 22.4. The van der Waals surface area contributed by atoms with E-state index in [9.17, 15) is 4.79 Å². The molecule has 0 radical (unpaired) electrons. The minimum absolute atomic E-state index is 0. The number of halogens is 1. The highest BCUT2D eigenvalue weighted by atomic mass is 127. The molecule has 0 aliphatic carbocycles. The molecule has 1 saturated heterocycles. The van der Waals surface area contributed by atoms with E-state index >= 15 is 0 Å². The molecule has 1 heterocycles. The van der Waals surface area contributed by atoms with Crippen LogP contribution < -0.4 is 5.32 Å². The van der Waals surface area contributed by atoms with Crippen LogP contribution in [0.25, 0.3) is 0 Å². The van der Waals surface area contributed by atoms with E-state index in [2.05, 4.69) is 15.2 Å². The molecule has 1 aliphatic rings. The van der Waals surface area contributed by atoms with Gasteiger partial charge in [-0.25, -0.2) is 0 Å². The number of methoxy groups -OCH3 is 1.